The van der Waals surface area contributed by atoms with Crippen molar-refractivity contribution < 1.29 is 4.74 Å². The number of ether oxygens (including phenoxy) is 1. The largest absolute Gasteiger partial charge is 0.477 e. The number of rotatable bonds is 2. The monoisotopic (exact) mass is 167 g/mol. The second-order valence-electron chi connectivity index (χ2n) is 3.09. The highest BCUT2D eigenvalue weighted by molar-refractivity contribution is 5.09. The number of fused-ring (bicyclic) bond motifs is 1. The van der Waals surface area contributed by atoms with Crippen LogP contribution in [-0.4, -0.2) is 30.0 Å². The van der Waals surface area contributed by atoms with Crippen LogP contribution in [0.5, 0.6) is 5.88 Å². The van der Waals surface area contributed by atoms with Gasteiger partial charge in [0.05, 0.1) is 19.3 Å². The molecule has 0 aliphatic carbocycles. The van der Waals surface area contributed by atoms with Crippen LogP contribution < -0.4 is 10.1 Å². The van der Waals surface area contributed by atoms with Gasteiger partial charge >= 0.3 is 0 Å². The van der Waals surface area contributed by atoms with Crippen LogP contribution in [0.25, 0.3) is 0 Å². The molecule has 0 bridgehead atoms. The number of nitrogens with zero attached hydrogens (tertiary/aromatic N) is 2. The van der Waals surface area contributed by atoms with Crippen molar-refractivity contribution in [3.8, 4) is 5.88 Å². The lowest BCUT2D eigenvalue weighted by Gasteiger charge is -2.23. The van der Waals surface area contributed by atoms with Gasteiger partial charge in [-0.25, -0.2) is 4.68 Å². The average Bonchev–Trinajstić information content (AvgIpc) is 2.51. The second-order valence-corrected chi connectivity index (χ2v) is 3.09. The van der Waals surface area contributed by atoms with Crippen molar-refractivity contribution in [1.29, 1.82) is 0 Å². The van der Waals surface area contributed by atoms with Gasteiger partial charge in [0, 0.05) is 18.5 Å². The molecule has 0 fully saturated rings. The Balaban J connectivity index is 2.05. The molecule has 1 atom stereocenters. The SMILES string of the molecule is CNCC1COc2ccnn2C1. The molecule has 0 aromatic carbocycles. The molecule has 0 saturated carbocycles. The van der Waals surface area contributed by atoms with Gasteiger partial charge in [0.25, 0.3) is 0 Å². The Morgan fingerprint density at radius 2 is 2.75 bits per heavy atom. The molecule has 1 aliphatic heterocycles. The van der Waals surface area contributed by atoms with Crippen molar-refractivity contribution in [2.24, 2.45) is 5.92 Å². The summed E-state index contributed by atoms with van der Waals surface area (Å²) in [5.41, 5.74) is 0. The van der Waals surface area contributed by atoms with Crippen molar-refractivity contribution in [2.75, 3.05) is 20.2 Å². The first kappa shape index (κ1) is 7.61. The third-order valence-corrected chi connectivity index (χ3v) is 2.07. The van der Waals surface area contributed by atoms with E-state index < -0.39 is 0 Å². The maximum atomic E-state index is 5.49. The first-order valence-corrected chi connectivity index (χ1v) is 4.19. The van der Waals surface area contributed by atoms with Crippen molar-refractivity contribution in [1.82, 2.24) is 15.1 Å². The van der Waals surface area contributed by atoms with Crippen LogP contribution in [0.3, 0.4) is 0 Å². The van der Waals surface area contributed by atoms with Gasteiger partial charge in [-0.05, 0) is 7.05 Å². The van der Waals surface area contributed by atoms with Crippen LogP contribution in [0, 0.1) is 5.92 Å². The number of nitrogens with one attached hydrogen (secondary N) is 1. The average molecular weight is 167 g/mol. The van der Waals surface area contributed by atoms with E-state index >= 15 is 0 Å². The van der Waals surface area contributed by atoms with E-state index in [-0.39, 0.29) is 0 Å². The molecule has 0 saturated heterocycles. The maximum absolute atomic E-state index is 5.49. The second kappa shape index (κ2) is 3.15. The third kappa shape index (κ3) is 1.30. The predicted molar refractivity (Wildman–Crippen MR) is 45.1 cm³/mol. The Morgan fingerprint density at radius 1 is 1.83 bits per heavy atom. The zero-order chi connectivity index (χ0) is 8.39. The van der Waals surface area contributed by atoms with Crippen LogP contribution >= 0.6 is 0 Å². The molecule has 2 heterocycles. The van der Waals surface area contributed by atoms with E-state index in [1.807, 2.05) is 17.8 Å². The summed E-state index contributed by atoms with van der Waals surface area (Å²) < 4.78 is 7.40. The lowest BCUT2D eigenvalue weighted by Crippen LogP contribution is -2.32. The van der Waals surface area contributed by atoms with Crippen molar-refractivity contribution >= 4 is 0 Å². The molecule has 2 rings (SSSR count). The quantitative estimate of drug-likeness (QED) is 0.679. The Labute approximate surface area is 71.5 Å². The van der Waals surface area contributed by atoms with E-state index in [4.69, 9.17) is 4.74 Å². The summed E-state index contributed by atoms with van der Waals surface area (Å²) >= 11 is 0. The molecule has 1 aliphatic rings. The molecule has 12 heavy (non-hydrogen) atoms. The third-order valence-electron chi connectivity index (χ3n) is 2.07. The van der Waals surface area contributed by atoms with E-state index in [2.05, 4.69) is 10.4 Å². The molecule has 1 aromatic heterocycles. The van der Waals surface area contributed by atoms with Crippen molar-refractivity contribution in [2.45, 2.75) is 6.54 Å². The summed E-state index contributed by atoms with van der Waals surface area (Å²) in [6.45, 7) is 2.75. The van der Waals surface area contributed by atoms with Gasteiger partial charge in [-0.15, -0.1) is 0 Å². The lowest BCUT2D eigenvalue weighted by atomic mass is 10.1. The van der Waals surface area contributed by atoms with E-state index in [0.717, 1.165) is 25.6 Å². The van der Waals surface area contributed by atoms with E-state index in [1.54, 1.807) is 6.20 Å². The Bertz CT molecular complexity index is 259. The smallest absolute Gasteiger partial charge is 0.211 e. The normalized spacial score (nSPS) is 21.6. The summed E-state index contributed by atoms with van der Waals surface area (Å²) in [5, 5.41) is 7.29. The highest BCUT2D eigenvalue weighted by Crippen LogP contribution is 2.18. The van der Waals surface area contributed by atoms with Crippen LogP contribution in [0.2, 0.25) is 0 Å². The number of hydrogen-bond donors (Lipinski definition) is 1. The highest BCUT2D eigenvalue weighted by atomic mass is 16.5. The van der Waals surface area contributed by atoms with Crippen LogP contribution in [0.15, 0.2) is 12.3 Å². The Hall–Kier alpha value is -1.03. The lowest BCUT2D eigenvalue weighted by molar-refractivity contribution is 0.164. The molecule has 0 radical (unpaired) electrons. The summed E-state index contributed by atoms with van der Waals surface area (Å²) in [6.07, 6.45) is 1.77. The maximum Gasteiger partial charge on any atom is 0.211 e. The van der Waals surface area contributed by atoms with E-state index in [0.29, 0.717) is 5.92 Å². The fraction of sp³-hybridized carbons (Fsp3) is 0.625. The van der Waals surface area contributed by atoms with E-state index in [1.165, 1.54) is 0 Å². The summed E-state index contributed by atoms with van der Waals surface area (Å²) in [4.78, 5) is 0. The van der Waals surface area contributed by atoms with Crippen LogP contribution in [-0.2, 0) is 6.54 Å². The minimum atomic E-state index is 0.544. The van der Waals surface area contributed by atoms with E-state index in [9.17, 15) is 0 Å². The number of aromatic nitrogens is 2. The van der Waals surface area contributed by atoms with Crippen molar-refractivity contribution in [3.63, 3.8) is 0 Å². The summed E-state index contributed by atoms with van der Waals surface area (Å²) in [5.74, 6) is 1.43. The molecule has 0 amide bonds. The molecule has 66 valence electrons. The Kier molecular flexibility index (Phi) is 1.99. The predicted octanol–water partition coefficient (Wildman–Crippen LogP) is 0.111. The molecule has 4 nitrogen and oxygen atoms in total. The first-order valence-electron chi connectivity index (χ1n) is 4.19. The zero-order valence-electron chi connectivity index (χ0n) is 7.16. The van der Waals surface area contributed by atoms with Crippen LogP contribution in [0.4, 0.5) is 0 Å². The van der Waals surface area contributed by atoms with Gasteiger partial charge in [-0.1, -0.05) is 0 Å². The highest BCUT2D eigenvalue weighted by Gasteiger charge is 2.18. The van der Waals surface area contributed by atoms with Gasteiger partial charge in [0.1, 0.15) is 0 Å². The van der Waals surface area contributed by atoms with Gasteiger partial charge < -0.3 is 10.1 Å². The topological polar surface area (TPSA) is 39.1 Å². The molecule has 0 spiro atoms. The molecule has 1 N–H and O–H groups in total. The zero-order valence-corrected chi connectivity index (χ0v) is 7.16. The number of hydrogen-bond acceptors (Lipinski definition) is 3. The fourth-order valence-corrected chi connectivity index (χ4v) is 1.49. The Morgan fingerprint density at radius 3 is 3.58 bits per heavy atom. The molecule has 1 unspecified atom stereocenters. The molecular weight excluding hydrogens is 154 g/mol. The van der Waals surface area contributed by atoms with Gasteiger partial charge in [0.15, 0.2) is 0 Å². The fourth-order valence-electron chi connectivity index (χ4n) is 1.49. The molecule has 4 heteroatoms. The van der Waals surface area contributed by atoms with Gasteiger partial charge in [0.2, 0.25) is 5.88 Å². The standard InChI is InChI=1S/C8H13N3O/c1-9-4-7-5-11-8(12-6-7)2-3-10-11/h2-3,7,9H,4-6H2,1H3. The van der Waals surface area contributed by atoms with Gasteiger partial charge in [-0.3, -0.25) is 0 Å². The van der Waals surface area contributed by atoms with Crippen molar-refractivity contribution in [3.05, 3.63) is 12.3 Å². The molecule has 1 aromatic rings. The minimum absolute atomic E-state index is 0.544. The molecular formula is C8H13N3O. The minimum Gasteiger partial charge on any atom is -0.477 e. The van der Waals surface area contributed by atoms with Gasteiger partial charge in [-0.2, -0.15) is 5.10 Å². The van der Waals surface area contributed by atoms with Crippen LogP contribution in [0.1, 0.15) is 0 Å². The summed E-state index contributed by atoms with van der Waals surface area (Å²) in [6, 6.07) is 1.90. The first-order chi connectivity index (χ1) is 5.90. The summed E-state index contributed by atoms with van der Waals surface area (Å²) in [7, 11) is 1.96.